The normalized spacial score (nSPS) is 16.5. The molecule has 0 saturated heterocycles. The zero-order chi connectivity index (χ0) is 19.1. The summed E-state index contributed by atoms with van der Waals surface area (Å²) in [5.41, 5.74) is 10.1. The van der Waals surface area contributed by atoms with Gasteiger partial charge in [0.25, 0.3) is 0 Å². The summed E-state index contributed by atoms with van der Waals surface area (Å²) in [6, 6.07) is 9.81. The number of benzene rings is 2. The average molecular weight is 365 g/mol. The number of methoxy groups -OCH3 is 1. The number of halogens is 1. The van der Waals surface area contributed by atoms with Crippen molar-refractivity contribution in [2.45, 2.75) is 19.5 Å². The van der Waals surface area contributed by atoms with Gasteiger partial charge in [0.2, 0.25) is 0 Å². The van der Waals surface area contributed by atoms with E-state index in [2.05, 4.69) is 0 Å². The average Bonchev–Trinajstić information content (AvgIpc) is 3.05. The SMILES string of the molecule is CCN1Cc2nc3c(-c4c(F)cccc4OC)cccc3c(N)c2C1C=O. The van der Waals surface area contributed by atoms with Gasteiger partial charge >= 0.3 is 0 Å². The minimum absolute atomic E-state index is 0.356. The van der Waals surface area contributed by atoms with Crippen molar-refractivity contribution in [1.82, 2.24) is 9.88 Å². The molecule has 1 atom stereocenters. The number of aromatic nitrogens is 1. The van der Waals surface area contributed by atoms with Crippen LogP contribution in [0.25, 0.3) is 22.0 Å². The quantitative estimate of drug-likeness (QED) is 0.714. The Morgan fingerprint density at radius 2 is 2.11 bits per heavy atom. The van der Waals surface area contributed by atoms with Gasteiger partial charge in [-0.15, -0.1) is 0 Å². The molecule has 2 aromatic carbocycles. The van der Waals surface area contributed by atoms with Gasteiger partial charge in [-0.3, -0.25) is 9.88 Å². The Morgan fingerprint density at radius 3 is 2.81 bits per heavy atom. The molecule has 5 nitrogen and oxygen atoms in total. The molecule has 1 aliphatic rings. The molecule has 27 heavy (non-hydrogen) atoms. The third-order valence-electron chi connectivity index (χ3n) is 5.22. The Balaban J connectivity index is 2.03. The van der Waals surface area contributed by atoms with Gasteiger partial charge < -0.3 is 15.3 Å². The molecule has 1 unspecified atom stereocenters. The minimum atomic E-state index is -0.395. The highest BCUT2D eigenvalue weighted by Crippen LogP contribution is 2.42. The fourth-order valence-corrected chi connectivity index (χ4v) is 3.90. The predicted molar refractivity (Wildman–Crippen MR) is 103 cm³/mol. The number of nitrogens with zero attached hydrogens (tertiary/aromatic N) is 2. The molecule has 1 aromatic heterocycles. The summed E-state index contributed by atoms with van der Waals surface area (Å²) in [5, 5.41) is 0.710. The van der Waals surface area contributed by atoms with Crippen LogP contribution in [0.5, 0.6) is 5.75 Å². The number of carbonyl (C=O) groups excluding carboxylic acids is 1. The van der Waals surface area contributed by atoms with E-state index in [0.717, 1.165) is 17.5 Å². The summed E-state index contributed by atoms with van der Waals surface area (Å²) >= 11 is 0. The molecule has 0 fully saturated rings. The van der Waals surface area contributed by atoms with Crippen LogP contribution in [-0.2, 0) is 11.3 Å². The Labute approximate surface area is 156 Å². The first-order valence-corrected chi connectivity index (χ1v) is 8.83. The van der Waals surface area contributed by atoms with Gasteiger partial charge in [0.05, 0.1) is 29.9 Å². The van der Waals surface area contributed by atoms with Crippen molar-refractivity contribution >= 4 is 22.9 Å². The highest BCUT2D eigenvalue weighted by atomic mass is 19.1. The summed E-state index contributed by atoms with van der Waals surface area (Å²) in [6.07, 6.45) is 0.906. The lowest BCUT2D eigenvalue weighted by molar-refractivity contribution is -0.112. The van der Waals surface area contributed by atoms with Crippen LogP contribution in [0.2, 0.25) is 0 Å². The molecule has 2 heterocycles. The monoisotopic (exact) mass is 365 g/mol. The Hall–Kier alpha value is -2.99. The number of hydrogen-bond acceptors (Lipinski definition) is 5. The highest BCUT2D eigenvalue weighted by molar-refractivity contribution is 6.02. The number of anilines is 1. The van der Waals surface area contributed by atoms with Crippen LogP contribution < -0.4 is 10.5 Å². The maximum Gasteiger partial charge on any atom is 0.141 e. The largest absolute Gasteiger partial charge is 0.496 e. The zero-order valence-electron chi connectivity index (χ0n) is 15.2. The zero-order valence-corrected chi connectivity index (χ0v) is 15.2. The summed E-state index contributed by atoms with van der Waals surface area (Å²) in [5.74, 6) is 0.0491. The molecule has 0 aliphatic carbocycles. The number of likely N-dealkylation sites (N-methyl/N-ethyl adjacent to an activating group) is 1. The number of nitrogen functional groups attached to an aromatic ring is 1. The maximum atomic E-state index is 14.7. The summed E-state index contributed by atoms with van der Waals surface area (Å²) in [4.78, 5) is 18.5. The van der Waals surface area contributed by atoms with Crippen LogP contribution >= 0.6 is 0 Å². The van der Waals surface area contributed by atoms with E-state index in [1.807, 2.05) is 30.0 Å². The van der Waals surface area contributed by atoms with Gasteiger partial charge in [0, 0.05) is 28.7 Å². The van der Waals surface area contributed by atoms with E-state index < -0.39 is 6.04 Å². The van der Waals surface area contributed by atoms with E-state index in [-0.39, 0.29) is 5.82 Å². The molecule has 4 rings (SSSR count). The standard InChI is InChI=1S/C21H20FN3O2/c1-3-25-10-15-19(16(25)11-26)20(23)13-7-4-6-12(21(13)24-15)18-14(22)8-5-9-17(18)27-2/h4-9,11,16H,3,10H2,1-2H3,(H2,23,24). The van der Waals surface area contributed by atoms with Gasteiger partial charge in [-0.25, -0.2) is 4.39 Å². The third kappa shape index (κ3) is 2.56. The number of ether oxygens (including phenoxy) is 1. The molecule has 6 heteroatoms. The Morgan fingerprint density at radius 1 is 1.33 bits per heavy atom. The first kappa shape index (κ1) is 17.4. The first-order valence-electron chi connectivity index (χ1n) is 8.83. The van der Waals surface area contributed by atoms with Crippen molar-refractivity contribution in [1.29, 1.82) is 0 Å². The van der Waals surface area contributed by atoms with E-state index in [0.29, 0.717) is 46.6 Å². The number of aldehydes is 1. The molecule has 138 valence electrons. The van der Waals surface area contributed by atoms with Crippen molar-refractivity contribution in [3.63, 3.8) is 0 Å². The molecule has 1 aliphatic heterocycles. The van der Waals surface area contributed by atoms with Crippen LogP contribution in [-0.4, -0.2) is 29.8 Å². The second kappa shape index (κ2) is 6.63. The number of nitrogens with two attached hydrogens (primary N) is 1. The lowest BCUT2D eigenvalue weighted by Gasteiger charge is -2.18. The molecule has 0 radical (unpaired) electrons. The molecule has 0 amide bonds. The second-order valence-corrected chi connectivity index (χ2v) is 6.55. The smallest absolute Gasteiger partial charge is 0.141 e. The fourth-order valence-electron chi connectivity index (χ4n) is 3.90. The van der Waals surface area contributed by atoms with E-state index in [1.165, 1.54) is 13.2 Å². The van der Waals surface area contributed by atoms with E-state index >= 15 is 0 Å². The van der Waals surface area contributed by atoms with Crippen LogP contribution in [0, 0.1) is 5.82 Å². The molecular weight excluding hydrogens is 345 g/mol. The van der Waals surface area contributed by atoms with Crippen molar-refractivity contribution in [2.24, 2.45) is 0 Å². The number of hydrogen-bond donors (Lipinski definition) is 1. The number of para-hydroxylation sites is 1. The fraction of sp³-hybridized carbons (Fsp3) is 0.238. The van der Waals surface area contributed by atoms with Crippen molar-refractivity contribution in [2.75, 3.05) is 19.4 Å². The van der Waals surface area contributed by atoms with Crippen LogP contribution in [0.4, 0.5) is 10.1 Å². The molecule has 3 aromatic rings. The summed E-state index contributed by atoms with van der Waals surface area (Å²) in [6.45, 7) is 3.25. The van der Waals surface area contributed by atoms with E-state index in [9.17, 15) is 9.18 Å². The van der Waals surface area contributed by atoms with Gasteiger partial charge in [0.15, 0.2) is 0 Å². The Kier molecular flexibility index (Phi) is 4.28. The number of carbonyl (C=O) groups is 1. The van der Waals surface area contributed by atoms with Crippen LogP contribution in [0.15, 0.2) is 36.4 Å². The van der Waals surface area contributed by atoms with E-state index in [1.54, 1.807) is 12.1 Å². The topological polar surface area (TPSA) is 68.5 Å². The number of rotatable bonds is 4. The number of fused-ring (bicyclic) bond motifs is 2. The molecule has 0 bridgehead atoms. The summed E-state index contributed by atoms with van der Waals surface area (Å²) in [7, 11) is 1.51. The van der Waals surface area contributed by atoms with Crippen molar-refractivity contribution < 1.29 is 13.9 Å². The molecule has 2 N–H and O–H groups in total. The first-order chi connectivity index (χ1) is 13.1. The van der Waals surface area contributed by atoms with E-state index in [4.69, 9.17) is 15.5 Å². The molecular formula is C21H20FN3O2. The van der Waals surface area contributed by atoms with Gasteiger partial charge in [-0.05, 0) is 18.7 Å². The lowest BCUT2D eigenvalue weighted by Crippen LogP contribution is -2.22. The third-order valence-corrected chi connectivity index (χ3v) is 5.22. The molecule has 0 saturated carbocycles. The van der Waals surface area contributed by atoms with Gasteiger partial charge in [0.1, 0.15) is 17.9 Å². The summed E-state index contributed by atoms with van der Waals surface area (Å²) < 4.78 is 20.0. The lowest BCUT2D eigenvalue weighted by atomic mass is 9.97. The van der Waals surface area contributed by atoms with Crippen molar-refractivity contribution in [3.05, 3.63) is 53.5 Å². The van der Waals surface area contributed by atoms with Crippen LogP contribution in [0.1, 0.15) is 24.2 Å². The predicted octanol–water partition coefficient (Wildman–Crippen LogP) is 3.71. The van der Waals surface area contributed by atoms with Gasteiger partial charge in [-0.1, -0.05) is 31.2 Å². The Bertz CT molecular complexity index is 1050. The van der Waals surface area contributed by atoms with Gasteiger partial charge in [-0.2, -0.15) is 0 Å². The minimum Gasteiger partial charge on any atom is -0.496 e. The van der Waals surface area contributed by atoms with Crippen molar-refractivity contribution in [3.8, 4) is 16.9 Å². The second-order valence-electron chi connectivity index (χ2n) is 6.55. The molecule has 0 spiro atoms. The maximum absolute atomic E-state index is 14.7. The highest BCUT2D eigenvalue weighted by Gasteiger charge is 2.33. The van der Waals surface area contributed by atoms with Crippen LogP contribution in [0.3, 0.4) is 0 Å². The number of pyridine rings is 1.